The van der Waals surface area contributed by atoms with Crippen molar-refractivity contribution < 1.29 is 14.3 Å². The Bertz CT molecular complexity index is 748. The van der Waals surface area contributed by atoms with Gasteiger partial charge in [-0.05, 0) is 43.3 Å². The minimum atomic E-state index is -0.768. The van der Waals surface area contributed by atoms with Gasteiger partial charge in [-0.25, -0.2) is 0 Å². The van der Waals surface area contributed by atoms with Crippen LogP contribution in [0.25, 0.3) is 0 Å². The van der Waals surface area contributed by atoms with Gasteiger partial charge in [-0.15, -0.1) is 0 Å². The molecule has 2 aromatic rings. The van der Waals surface area contributed by atoms with Gasteiger partial charge in [0.25, 0.3) is 5.91 Å². The van der Waals surface area contributed by atoms with Crippen LogP contribution in [0.4, 0.5) is 11.4 Å². The van der Waals surface area contributed by atoms with E-state index < -0.39 is 6.10 Å². The molecule has 0 aliphatic heterocycles. The predicted molar refractivity (Wildman–Crippen MR) is 95.9 cm³/mol. The molecule has 0 aromatic heterocycles. The molecular formula is C17H16Cl2N2O3. The summed E-state index contributed by atoms with van der Waals surface area (Å²) in [6.45, 7) is 3.04. The van der Waals surface area contributed by atoms with Gasteiger partial charge in [-0.1, -0.05) is 23.2 Å². The van der Waals surface area contributed by atoms with E-state index in [0.717, 1.165) is 0 Å². The third-order valence-corrected chi connectivity index (χ3v) is 3.59. The Labute approximate surface area is 149 Å². The molecule has 0 radical (unpaired) electrons. The highest BCUT2D eigenvalue weighted by molar-refractivity contribution is 6.34. The van der Waals surface area contributed by atoms with Crippen molar-refractivity contribution in [1.82, 2.24) is 0 Å². The van der Waals surface area contributed by atoms with Crippen LogP contribution in [0.5, 0.6) is 5.75 Å². The lowest BCUT2D eigenvalue weighted by molar-refractivity contribution is -0.122. The van der Waals surface area contributed by atoms with Crippen molar-refractivity contribution in [2.75, 3.05) is 10.6 Å². The van der Waals surface area contributed by atoms with Gasteiger partial charge < -0.3 is 15.4 Å². The molecule has 24 heavy (non-hydrogen) atoms. The average Bonchev–Trinajstić information content (AvgIpc) is 2.52. The van der Waals surface area contributed by atoms with Crippen molar-refractivity contribution >= 4 is 46.4 Å². The van der Waals surface area contributed by atoms with Crippen molar-refractivity contribution in [3.63, 3.8) is 0 Å². The number of halogens is 2. The van der Waals surface area contributed by atoms with Crippen LogP contribution >= 0.6 is 23.2 Å². The van der Waals surface area contributed by atoms with E-state index in [-0.39, 0.29) is 11.8 Å². The number of benzene rings is 2. The molecule has 1 atom stereocenters. The zero-order valence-electron chi connectivity index (χ0n) is 13.1. The zero-order valence-corrected chi connectivity index (χ0v) is 14.6. The third kappa shape index (κ3) is 5.15. The van der Waals surface area contributed by atoms with E-state index >= 15 is 0 Å². The van der Waals surface area contributed by atoms with Crippen LogP contribution in [0.2, 0.25) is 10.0 Å². The van der Waals surface area contributed by atoms with Crippen molar-refractivity contribution in [3.8, 4) is 5.75 Å². The van der Waals surface area contributed by atoms with Crippen molar-refractivity contribution in [3.05, 3.63) is 52.5 Å². The summed E-state index contributed by atoms with van der Waals surface area (Å²) in [5.74, 6) is -0.154. The predicted octanol–water partition coefficient (Wildman–Crippen LogP) is 4.36. The molecule has 5 nitrogen and oxygen atoms in total. The number of anilines is 2. The standard InChI is InChI=1S/C17H16Cl2N2O3/c1-10(24-16-9-12(18)3-8-15(16)19)17(23)21-14-6-4-13(5-7-14)20-11(2)22/h3-10H,1-2H3,(H,20,22)(H,21,23)/t10-/m0/s1. The Hall–Kier alpha value is -2.24. The van der Waals surface area contributed by atoms with Gasteiger partial charge >= 0.3 is 0 Å². The second-order valence-corrected chi connectivity index (χ2v) is 5.93. The maximum absolute atomic E-state index is 12.2. The second kappa shape index (κ2) is 8.04. The van der Waals surface area contributed by atoms with E-state index in [1.54, 1.807) is 49.4 Å². The lowest BCUT2D eigenvalue weighted by Gasteiger charge is -2.16. The molecule has 2 rings (SSSR count). The van der Waals surface area contributed by atoms with E-state index in [0.29, 0.717) is 27.2 Å². The SMILES string of the molecule is CC(=O)Nc1ccc(NC(=O)[C@H](C)Oc2cc(Cl)ccc2Cl)cc1. The minimum absolute atomic E-state index is 0.160. The van der Waals surface area contributed by atoms with E-state index in [4.69, 9.17) is 27.9 Å². The molecule has 0 fully saturated rings. The largest absolute Gasteiger partial charge is 0.479 e. The van der Waals surface area contributed by atoms with Gasteiger partial charge in [0.1, 0.15) is 5.75 Å². The number of amides is 2. The molecule has 7 heteroatoms. The summed E-state index contributed by atoms with van der Waals surface area (Å²) < 4.78 is 5.55. The van der Waals surface area contributed by atoms with Crippen molar-refractivity contribution in [2.45, 2.75) is 20.0 Å². The number of ether oxygens (including phenoxy) is 1. The number of carbonyl (C=O) groups is 2. The highest BCUT2D eigenvalue weighted by Crippen LogP contribution is 2.28. The summed E-state index contributed by atoms with van der Waals surface area (Å²) in [5.41, 5.74) is 1.23. The van der Waals surface area contributed by atoms with Gasteiger partial charge in [-0.3, -0.25) is 9.59 Å². The fraction of sp³-hybridized carbons (Fsp3) is 0.176. The molecule has 126 valence electrons. The Morgan fingerprint density at radius 3 is 2.17 bits per heavy atom. The first-order chi connectivity index (χ1) is 11.3. The van der Waals surface area contributed by atoms with Gasteiger partial charge in [0.05, 0.1) is 5.02 Å². The van der Waals surface area contributed by atoms with Crippen LogP contribution in [0.15, 0.2) is 42.5 Å². The molecular weight excluding hydrogens is 351 g/mol. The molecule has 0 unspecified atom stereocenters. The highest BCUT2D eigenvalue weighted by atomic mass is 35.5. The fourth-order valence-corrected chi connectivity index (χ4v) is 2.22. The van der Waals surface area contributed by atoms with Crippen LogP contribution in [-0.2, 0) is 9.59 Å². The minimum Gasteiger partial charge on any atom is -0.479 e. The van der Waals surface area contributed by atoms with Crippen molar-refractivity contribution in [2.24, 2.45) is 0 Å². The van der Waals surface area contributed by atoms with E-state index in [2.05, 4.69) is 10.6 Å². The summed E-state index contributed by atoms with van der Waals surface area (Å²) in [6, 6.07) is 11.5. The quantitative estimate of drug-likeness (QED) is 0.825. The molecule has 0 spiro atoms. The lowest BCUT2D eigenvalue weighted by Crippen LogP contribution is -2.30. The third-order valence-electron chi connectivity index (χ3n) is 3.04. The number of carbonyl (C=O) groups excluding carboxylic acids is 2. The normalized spacial score (nSPS) is 11.5. The molecule has 2 amide bonds. The first-order valence-electron chi connectivity index (χ1n) is 7.15. The molecule has 0 heterocycles. The van der Waals surface area contributed by atoms with Gasteiger partial charge in [-0.2, -0.15) is 0 Å². The monoisotopic (exact) mass is 366 g/mol. The van der Waals surface area contributed by atoms with Crippen LogP contribution in [0.1, 0.15) is 13.8 Å². The maximum Gasteiger partial charge on any atom is 0.265 e. The molecule has 0 saturated carbocycles. The van der Waals surface area contributed by atoms with Crippen LogP contribution in [-0.4, -0.2) is 17.9 Å². The Kier molecular flexibility index (Phi) is 6.06. The Balaban J connectivity index is 1.98. The summed E-state index contributed by atoms with van der Waals surface area (Å²) in [5, 5.41) is 6.21. The summed E-state index contributed by atoms with van der Waals surface area (Å²) in [6.07, 6.45) is -0.768. The smallest absolute Gasteiger partial charge is 0.265 e. The topological polar surface area (TPSA) is 67.4 Å². The Morgan fingerprint density at radius 2 is 1.58 bits per heavy atom. The van der Waals surface area contributed by atoms with Gasteiger partial charge in [0, 0.05) is 29.4 Å². The van der Waals surface area contributed by atoms with E-state index in [1.807, 2.05) is 0 Å². The van der Waals surface area contributed by atoms with Crippen LogP contribution < -0.4 is 15.4 Å². The number of hydrogen-bond donors (Lipinski definition) is 2. The van der Waals surface area contributed by atoms with E-state index in [1.165, 1.54) is 6.92 Å². The molecule has 2 N–H and O–H groups in total. The summed E-state index contributed by atoms with van der Waals surface area (Å²) in [7, 11) is 0. The molecule has 0 aliphatic rings. The maximum atomic E-state index is 12.2. The fourth-order valence-electron chi connectivity index (χ4n) is 1.90. The average molecular weight is 367 g/mol. The first-order valence-corrected chi connectivity index (χ1v) is 7.91. The lowest BCUT2D eigenvalue weighted by atomic mass is 10.2. The summed E-state index contributed by atoms with van der Waals surface area (Å²) >= 11 is 11.9. The van der Waals surface area contributed by atoms with Gasteiger partial charge in [0.2, 0.25) is 5.91 Å². The Morgan fingerprint density at radius 1 is 1.00 bits per heavy atom. The molecule has 0 saturated heterocycles. The highest BCUT2D eigenvalue weighted by Gasteiger charge is 2.16. The van der Waals surface area contributed by atoms with Crippen LogP contribution in [0.3, 0.4) is 0 Å². The van der Waals surface area contributed by atoms with E-state index in [9.17, 15) is 9.59 Å². The molecule has 0 bridgehead atoms. The van der Waals surface area contributed by atoms with Gasteiger partial charge in [0.15, 0.2) is 6.10 Å². The number of hydrogen-bond acceptors (Lipinski definition) is 3. The molecule has 2 aromatic carbocycles. The zero-order chi connectivity index (χ0) is 17.7. The van der Waals surface area contributed by atoms with Crippen molar-refractivity contribution in [1.29, 1.82) is 0 Å². The van der Waals surface area contributed by atoms with Crippen LogP contribution in [0, 0.1) is 0 Å². The second-order valence-electron chi connectivity index (χ2n) is 5.08. The summed E-state index contributed by atoms with van der Waals surface area (Å²) in [4.78, 5) is 23.2. The molecule has 0 aliphatic carbocycles. The number of rotatable bonds is 5. The number of nitrogens with one attached hydrogen (secondary N) is 2. The first kappa shape index (κ1) is 18.1.